The van der Waals surface area contributed by atoms with Crippen LogP contribution in [-0.4, -0.2) is 19.2 Å². The van der Waals surface area contributed by atoms with Gasteiger partial charge in [0.15, 0.2) is 0 Å². The third-order valence-corrected chi connectivity index (χ3v) is 2.56. The normalized spacial score (nSPS) is 10.5. The van der Waals surface area contributed by atoms with E-state index in [1.165, 1.54) is 6.08 Å². The summed E-state index contributed by atoms with van der Waals surface area (Å²) in [7, 11) is 0. The summed E-state index contributed by atoms with van der Waals surface area (Å²) >= 11 is 9.25. The second-order valence-electron chi connectivity index (χ2n) is 3.04. The SMILES string of the molecule is CCOC(=O)/C=C/COc1ccc(Br)cc1Cl. The Morgan fingerprint density at radius 3 is 2.94 bits per heavy atom. The molecule has 5 heteroatoms. The fourth-order valence-electron chi connectivity index (χ4n) is 1.06. The van der Waals surface area contributed by atoms with Crippen LogP contribution >= 0.6 is 27.5 Å². The minimum Gasteiger partial charge on any atom is -0.488 e. The molecule has 0 heterocycles. The first kappa shape index (κ1) is 14.1. The summed E-state index contributed by atoms with van der Waals surface area (Å²) < 4.78 is 11.0. The minimum absolute atomic E-state index is 0.264. The predicted octanol–water partition coefficient (Wildman–Crippen LogP) is 3.60. The second kappa shape index (κ2) is 7.35. The van der Waals surface area contributed by atoms with Gasteiger partial charge in [0.1, 0.15) is 12.4 Å². The zero-order valence-electron chi connectivity index (χ0n) is 9.28. The van der Waals surface area contributed by atoms with Crippen LogP contribution in [0, 0.1) is 0 Å². The summed E-state index contributed by atoms with van der Waals surface area (Å²) in [5, 5.41) is 0.518. The van der Waals surface area contributed by atoms with Gasteiger partial charge in [-0.3, -0.25) is 0 Å². The Labute approximate surface area is 113 Å². The molecule has 3 nitrogen and oxygen atoms in total. The quantitative estimate of drug-likeness (QED) is 0.614. The second-order valence-corrected chi connectivity index (χ2v) is 4.36. The molecule has 0 spiro atoms. The van der Waals surface area contributed by atoms with Gasteiger partial charge < -0.3 is 9.47 Å². The lowest BCUT2D eigenvalue weighted by atomic mass is 10.3. The van der Waals surface area contributed by atoms with Crippen LogP contribution < -0.4 is 4.74 Å². The Balaban J connectivity index is 2.43. The molecule has 17 heavy (non-hydrogen) atoms. The van der Waals surface area contributed by atoms with Crippen molar-refractivity contribution in [2.24, 2.45) is 0 Å². The molecule has 0 saturated heterocycles. The number of esters is 1. The van der Waals surface area contributed by atoms with Crippen molar-refractivity contribution >= 4 is 33.5 Å². The summed E-state index contributed by atoms with van der Waals surface area (Å²) in [6.07, 6.45) is 2.91. The van der Waals surface area contributed by atoms with Gasteiger partial charge in [-0.1, -0.05) is 27.5 Å². The van der Waals surface area contributed by atoms with Gasteiger partial charge in [0.25, 0.3) is 0 Å². The van der Waals surface area contributed by atoms with Gasteiger partial charge in [-0.25, -0.2) is 4.79 Å². The molecule has 0 bridgehead atoms. The van der Waals surface area contributed by atoms with Gasteiger partial charge >= 0.3 is 5.97 Å². The van der Waals surface area contributed by atoms with Crippen molar-refractivity contribution in [2.75, 3.05) is 13.2 Å². The van der Waals surface area contributed by atoms with Crippen molar-refractivity contribution in [3.05, 3.63) is 39.8 Å². The first-order chi connectivity index (χ1) is 8.13. The van der Waals surface area contributed by atoms with E-state index in [9.17, 15) is 4.79 Å². The highest BCUT2D eigenvalue weighted by molar-refractivity contribution is 9.10. The fourth-order valence-corrected chi connectivity index (χ4v) is 1.79. The molecule has 0 aliphatic rings. The van der Waals surface area contributed by atoms with E-state index in [-0.39, 0.29) is 12.6 Å². The van der Waals surface area contributed by atoms with Crippen molar-refractivity contribution in [1.82, 2.24) is 0 Å². The number of halogens is 2. The molecule has 1 aromatic carbocycles. The molecule has 1 rings (SSSR count). The zero-order valence-corrected chi connectivity index (χ0v) is 11.6. The van der Waals surface area contributed by atoms with Crippen LogP contribution in [0.25, 0.3) is 0 Å². The Morgan fingerprint density at radius 1 is 1.53 bits per heavy atom. The molecule has 0 atom stereocenters. The summed E-state index contributed by atoms with van der Waals surface area (Å²) in [4.78, 5) is 11.0. The maximum Gasteiger partial charge on any atom is 0.330 e. The molecule has 0 fully saturated rings. The predicted molar refractivity (Wildman–Crippen MR) is 70.4 cm³/mol. The molecule has 0 radical (unpaired) electrons. The van der Waals surface area contributed by atoms with Crippen LogP contribution in [0.5, 0.6) is 5.75 Å². The van der Waals surface area contributed by atoms with Crippen LogP contribution in [0.4, 0.5) is 0 Å². The molecule has 0 amide bonds. The van der Waals surface area contributed by atoms with Gasteiger partial charge in [0, 0.05) is 10.5 Å². The Hall–Kier alpha value is -1.000. The monoisotopic (exact) mass is 318 g/mol. The van der Waals surface area contributed by atoms with Crippen molar-refractivity contribution in [2.45, 2.75) is 6.92 Å². The van der Waals surface area contributed by atoms with E-state index < -0.39 is 0 Å². The van der Waals surface area contributed by atoms with Gasteiger partial charge in [0.2, 0.25) is 0 Å². The highest BCUT2D eigenvalue weighted by atomic mass is 79.9. The number of rotatable bonds is 5. The lowest BCUT2D eigenvalue weighted by molar-refractivity contribution is -0.137. The summed E-state index contributed by atoms with van der Waals surface area (Å²) in [6, 6.07) is 5.33. The first-order valence-electron chi connectivity index (χ1n) is 5.04. The maximum atomic E-state index is 11.0. The first-order valence-corrected chi connectivity index (χ1v) is 6.21. The van der Waals surface area contributed by atoms with Crippen molar-refractivity contribution in [3.63, 3.8) is 0 Å². The van der Waals surface area contributed by atoms with E-state index in [1.54, 1.807) is 25.1 Å². The lowest BCUT2D eigenvalue weighted by Crippen LogP contribution is -2.01. The molecule has 0 aliphatic carbocycles. The number of hydrogen-bond acceptors (Lipinski definition) is 3. The van der Waals surface area contributed by atoms with Crippen LogP contribution in [0.2, 0.25) is 5.02 Å². The van der Waals surface area contributed by atoms with E-state index >= 15 is 0 Å². The zero-order chi connectivity index (χ0) is 12.7. The summed E-state index contributed by atoms with van der Waals surface area (Å²) in [5.74, 6) is 0.196. The molecule has 92 valence electrons. The van der Waals surface area contributed by atoms with Gasteiger partial charge in [-0.2, -0.15) is 0 Å². The Kier molecular flexibility index (Phi) is 6.08. The van der Waals surface area contributed by atoms with Crippen molar-refractivity contribution < 1.29 is 14.3 Å². The van der Waals surface area contributed by atoms with Gasteiger partial charge in [-0.15, -0.1) is 0 Å². The smallest absolute Gasteiger partial charge is 0.330 e. The van der Waals surface area contributed by atoms with Crippen LogP contribution in [-0.2, 0) is 9.53 Å². The number of benzene rings is 1. The highest BCUT2D eigenvalue weighted by Crippen LogP contribution is 2.27. The number of carbonyl (C=O) groups is 1. The molecular formula is C12H12BrClO3. The average molecular weight is 320 g/mol. The average Bonchev–Trinajstić information content (AvgIpc) is 2.27. The van der Waals surface area contributed by atoms with E-state index in [0.717, 1.165) is 4.47 Å². The number of hydrogen-bond donors (Lipinski definition) is 0. The number of carbonyl (C=O) groups excluding carboxylic acids is 1. The van der Waals surface area contributed by atoms with E-state index in [1.807, 2.05) is 6.07 Å². The maximum absolute atomic E-state index is 11.0. The molecular weight excluding hydrogens is 307 g/mol. The molecule has 0 N–H and O–H groups in total. The lowest BCUT2D eigenvalue weighted by Gasteiger charge is -2.05. The molecule has 0 unspecified atom stereocenters. The summed E-state index contributed by atoms with van der Waals surface area (Å²) in [6.45, 7) is 2.38. The Bertz CT molecular complexity index is 418. The molecule has 0 aliphatic heterocycles. The van der Waals surface area contributed by atoms with Crippen LogP contribution in [0.1, 0.15) is 6.92 Å². The minimum atomic E-state index is -0.377. The largest absolute Gasteiger partial charge is 0.488 e. The van der Waals surface area contributed by atoms with Crippen LogP contribution in [0.15, 0.2) is 34.8 Å². The van der Waals surface area contributed by atoms with E-state index in [4.69, 9.17) is 21.1 Å². The summed E-state index contributed by atoms with van der Waals surface area (Å²) in [5.41, 5.74) is 0. The third-order valence-electron chi connectivity index (χ3n) is 1.77. The van der Waals surface area contributed by atoms with Crippen LogP contribution in [0.3, 0.4) is 0 Å². The van der Waals surface area contributed by atoms with E-state index in [0.29, 0.717) is 17.4 Å². The Morgan fingerprint density at radius 2 is 2.29 bits per heavy atom. The molecule has 0 aromatic heterocycles. The standard InChI is InChI=1S/C12H12BrClO3/c1-2-16-12(15)4-3-7-17-11-6-5-9(13)8-10(11)14/h3-6,8H,2,7H2,1H3/b4-3+. The number of ether oxygens (including phenoxy) is 2. The van der Waals surface area contributed by atoms with Gasteiger partial charge in [-0.05, 0) is 31.2 Å². The van der Waals surface area contributed by atoms with Crippen molar-refractivity contribution in [3.8, 4) is 5.75 Å². The van der Waals surface area contributed by atoms with E-state index in [2.05, 4.69) is 15.9 Å². The molecule has 0 saturated carbocycles. The van der Waals surface area contributed by atoms with Crippen molar-refractivity contribution in [1.29, 1.82) is 0 Å². The van der Waals surface area contributed by atoms with Gasteiger partial charge in [0.05, 0.1) is 11.6 Å². The fraction of sp³-hybridized carbons (Fsp3) is 0.250. The topological polar surface area (TPSA) is 35.5 Å². The molecule has 1 aromatic rings. The third kappa shape index (κ3) is 5.24. The highest BCUT2D eigenvalue weighted by Gasteiger charge is 2.00.